The van der Waals surface area contributed by atoms with Gasteiger partial charge in [-0.25, -0.2) is 13.1 Å². The Bertz CT molecular complexity index is 622. The molecule has 0 spiro atoms. The summed E-state index contributed by atoms with van der Waals surface area (Å²) >= 11 is 0. The fourth-order valence-corrected chi connectivity index (χ4v) is 2.83. The van der Waals surface area contributed by atoms with Gasteiger partial charge in [-0.1, -0.05) is 12.1 Å². The van der Waals surface area contributed by atoms with E-state index in [-0.39, 0.29) is 23.1 Å². The maximum Gasteiger partial charge on any atom is 0.241 e. The van der Waals surface area contributed by atoms with E-state index in [0.29, 0.717) is 18.7 Å². The molecule has 0 radical (unpaired) electrons. The van der Waals surface area contributed by atoms with E-state index in [2.05, 4.69) is 4.72 Å². The van der Waals surface area contributed by atoms with Gasteiger partial charge in [0, 0.05) is 18.7 Å². The topological polar surface area (TPSA) is 83.6 Å². The van der Waals surface area contributed by atoms with Crippen LogP contribution in [0.3, 0.4) is 0 Å². The summed E-state index contributed by atoms with van der Waals surface area (Å²) in [6, 6.07) is 5.73. The zero-order valence-electron chi connectivity index (χ0n) is 12.4. The third kappa shape index (κ3) is 4.64. The number of ketones is 1. The largest absolute Gasteiger partial charge is 0.342 e. The molecule has 0 bridgehead atoms. The van der Waals surface area contributed by atoms with Gasteiger partial charge in [-0.15, -0.1) is 0 Å². The number of sulfonamides is 1. The molecule has 0 saturated carbocycles. The smallest absolute Gasteiger partial charge is 0.241 e. The summed E-state index contributed by atoms with van der Waals surface area (Å²) in [5.74, 6) is -0.502. The molecular weight excluding hydrogens is 292 g/mol. The minimum absolute atomic E-state index is 0.0254. The molecule has 116 valence electrons. The average molecular weight is 312 g/mol. The Hall–Kier alpha value is -1.73. The molecule has 0 aliphatic heterocycles. The van der Waals surface area contributed by atoms with Crippen molar-refractivity contribution in [3.05, 3.63) is 29.8 Å². The lowest BCUT2D eigenvalue weighted by Gasteiger charge is -2.18. The molecule has 1 N–H and O–H groups in total. The molecule has 7 heteroatoms. The highest BCUT2D eigenvalue weighted by Gasteiger charge is 2.18. The lowest BCUT2D eigenvalue weighted by molar-refractivity contribution is -0.129. The van der Waals surface area contributed by atoms with Gasteiger partial charge < -0.3 is 4.90 Å². The van der Waals surface area contributed by atoms with Gasteiger partial charge in [0.25, 0.3) is 0 Å². The van der Waals surface area contributed by atoms with Crippen LogP contribution in [-0.4, -0.2) is 44.6 Å². The molecule has 0 saturated heterocycles. The fourth-order valence-electron chi connectivity index (χ4n) is 1.81. The number of rotatable bonds is 7. The van der Waals surface area contributed by atoms with Crippen LogP contribution in [-0.2, 0) is 14.8 Å². The van der Waals surface area contributed by atoms with Crippen LogP contribution in [0.1, 0.15) is 31.1 Å². The number of carbonyl (C=O) groups is 2. The first-order chi connectivity index (χ1) is 9.81. The number of nitrogens with one attached hydrogen (secondary N) is 1. The van der Waals surface area contributed by atoms with Crippen molar-refractivity contribution in [3.63, 3.8) is 0 Å². The van der Waals surface area contributed by atoms with Gasteiger partial charge in [0.1, 0.15) is 0 Å². The van der Waals surface area contributed by atoms with Crippen molar-refractivity contribution in [2.45, 2.75) is 25.7 Å². The van der Waals surface area contributed by atoms with Crippen LogP contribution >= 0.6 is 0 Å². The SMILES string of the molecule is CCN(CC)C(=O)CNS(=O)(=O)c1cccc(C(C)=O)c1. The molecule has 0 aromatic heterocycles. The highest BCUT2D eigenvalue weighted by Crippen LogP contribution is 2.11. The van der Waals surface area contributed by atoms with E-state index < -0.39 is 10.0 Å². The van der Waals surface area contributed by atoms with E-state index in [1.165, 1.54) is 30.0 Å². The quantitative estimate of drug-likeness (QED) is 0.762. The highest BCUT2D eigenvalue weighted by atomic mass is 32.2. The Labute approximate surface area is 125 Å². The second kappa shape index (κ2) is 7.33. The molecular formula is C14H20N2O4S. The molecule has 0 atom stereocenters. The van der Waals surface area contributed by atoms with Gasteiger partial charge in [-0.2, -0.15) is 0 Å². The number of nitrogens with zero attached hydrogens (tertiary/aromatic N) is 1. The lowest BCUT2D eigenvalue weighted by Crippen LogP contribution is -2.39. The molecule has 1 aromatic carbocycles. The number of Topliss-reactive ketones (excluding diaryl/α,β-unsaturated/α-hetero) is 1. The van der Waals surface area contributed by atoms with Crippen molar-refractivity contribution >= 4 is 21.7 Å². The predicted molar refractivity (Wildman–Crippen MR) is 79.6 cm³/mol. The number of carbonyl (C=O) groups excluding carboxylic acids is 2. The average Bonchev–Trinajstić information content (AvgIpc) is 2.46. The van der Waals surface area contributed by atoms with Gasteiger partial charge in [0.05, 0.1) is 11.4 Å². The van der Waals surface area contributed by atoms with Gasteiger partial charge >= 0.3 is 0 Å². The van der Waals surface area contributed by atoms with Crippen LogP contribution in [0, 0.1) is 0 Å². The van der Waals surface area contributed by atoms with Crippen molar-refractivity contribution < 1.29 is 18.0 Å². The molecule has 21 heavy (non-hydrogen) atoms. The first kappa shape index (κ1) is 17.3. The molecule has 0 aliphatic carbocycles. The first-order valence-electron chi connectivity index (χ1n) is 6.70. The minimum Gasteiger partial charge on any atom is -0.342 e. The Morgan fingerprint density at radius 1 is 1.19 bits per heavy atom. The summed E-state index contributed by atoms with van der Waals surface area (Å²) in [6.07, 6.45) is 0. The van der Waals surface area contributed by atoms with Gasteiger partial charge in [0.2, 0.25) is 15.9 Å². The second-order valence-electron chi connectivity index (χ2n) is 4.47. The van der Waals surface area contributed by atoms with Crippen LogP contribution in [0.25, 0.3) is 0 Å². The summed E-state index contributed by atoms with van der Waals surface area (Å²) in [6.45, 7) is 5.77. The maximum atomic E-state index is 12.1. The number of benzene rings is 1. The summed E-state index contributed by atoms with van der Waals surface area (Å²) in [5.41, 5.74) is 0.313. The number of likely N-dealkylation sites (N-methyl/N-ethyl adjacent to an activating group) is 1. The lowest BCUT2D eigenvalue weighted by atomic mass is 10.2. The van der Waals surface area contributed by atoms with Gasteiger partial charge in [-0.3, -0.25) is 9.59 Å². The summed E-state index contributed by atoms with van der Waals surface area (Å²) < 4.78 is 26.5. The van der Waals surface area contributed by atoms with Crippen LogP contribution < -0.4 is 4.72 Å². The third-order valence-electron chi connectivity index (χ3n) is 3.08. The zero-order chi connectivity index (χ0) is 16.0. The van der Waals surface area contributed by atoms with E-state index in [4.69, 9.17) is 0 Å². The van der Waals surface area contributed by atoms with Crippen molar-refractivity contribution in [1.29, 1.82) is 0 Å². The normalized spacial score (nSPS) is 11.2. The van der Waals surface area contributed by atoms with Gasteiger partial charge in [0.15, 0.2) is 5.78 Å². The molecule has 1 aromatic rings. The minimum atomic E-state index is -3.81. The molecule has 0 unspecified atom stereocenters. The van der Waals surface area contributed by atoms with Crippen molar-refractivity contribution in [2.24, 2.45) is 0 Å². The van der Waals surface area contributed by atoms with Crippen LogP contribution in [0.4, 0.5) is 0 Å². The Morgan fingerprint density at radius 2 is 1.81 bits per heavy atom. The highest BCUT2D eigenvalue weighted by molar-refractivity contribution is 7.89. The van der Waals surface area contributed by atoms with E-state index >= 15 is 0 Å². The summed E-state index contributed by atoms with van der Waals surface area (Å²) in [7, 11) is -3.81. The Balaban J connectivity index is 2.85. The van der Waals surface area contributed by atoms with Crippen LogP contribution in [0.2, 0.25) is 0 Å². The second-order valence-corrected chi connectivity index (χ2v) is 6.24. The maximum absolute atomic E-state index is 12.1. The summed E-state index contributed by atoms with van der Waals surface area (Å²) in [5, 5.41) is 0. The number of hydrogen-bond acceptors (Lipinski definition) is 4. The molecule has 1 rings (SSSR count). The van der Waals surface area contributed by atoms with E-state index in [1.807, 2.05) is 13.8 Å². The number of hydrogen-bond donors (Lipinski definition) is 1. The summed E-state index contributed by atoms with van der Waals surface area (Å²) in [4.78, 5) is 24.6. The molecule has 0 heterocycles. The monoisotopic (exact) mass is 312 g/mol. The molecule has 0 fully saturated rings. The zero-order valence-corrected chi connectivity index (χ0v) is 13.2. The third-order valence-corrected chi connectivity index (χ3v) is 4.48. The standard InChI is InChI=1S/C14H20N2O4S/c1-4-16(5-2)14(18)10-15-21(19,20)13-8-6-7-12(9-13)11(3)17/h6-9,15H,4-5,10H2,1-3H3. The fraction of sp³-hybridized carbons (Fsp3) is 0.429. The molecule has 1 amide bonds. The van der Waals surface area contributed by atoms with E-state index in [9.17, 15) is 18.0 Å². The van der Waals surface area contributed by atoms with Gasteiger partial charge in [-0.05, 0) is 32.9 Å². The van der Waals surface area contributed by atoms with Crippen LogP contribution in [0.5, 0.6) is 0 Å². The Kier molecular flexibility index (Phi) is 6.04. The van der Waals surface area contributed by atoms with E-state index in [1.54, 1.807) is 6.07 Å². The Morgan fingerprint density at radius 3 is 2.33 bits per heavy atom. The van der Waals surface area contributed by atoms with Crippen molar-refractivity contribution in [2.75, 3.05) is 19.6 Å². The van der Waals surface area contributed by atoms with E-state index in [0.717, 1.165) is 0 Å². The molecule has 0 aliphatic rings. The number of amides is 1. The first-order valence-corrected chi connectivity index (χ1v) is 8.18. The van der Waals surface area contributed by atoms with Crippen LogP contribution in [0.15, 0.2) is 29.2 Å². The van der Waals surface area contributed by atoms with Crippen molar-refractivity contribution in [1.82, 2.24) is 9.62 Å². The van der Waals surface area contributed by atoms with Crippen molar-refractivity contribution in [3.8, 4) is 0 Å². The molecule has 6 nitrogen and oxygen atoms in total. The predicted octanol–water partition coefficient (Wildman–Crippen LogP) is 1.04.